The van der Waals surface area contributed by atoms with Crippen LogP contribution in [0.4, 0.5) is 0 Å². The highest BCUT2D eigenvalue weighted by atomic mass is 16.6. The number of oxime groups is 1. The van der Waals surface area contributed by atoms with Gasteiger partial charge in [0.25, 0.3) is 0 Å². The molecule has 0 amide bonds. The largest absolute Gasteiger partial charge is 0.393 e. The molecule has 0 N–H and O–H groups in total. The average Bonchev–Trinajstić information content (AvgIpc) is 1.83. The minimum absolute atomic E-state index is 0.256. The van der Waals surface area contributed by atoms with Gasteiger partial charge in [-0.3, -0.25) is 0 Å². The first-order chi connectivity index (χ1) is 3.81. The Labute approximate surface area is 50.5 Å². The first-order valence-electron chi connectivity index (χ1n) is 2.95. The number of nitrogens with zero attached hydrogens (tertiary/aromatic N) is 1. The molecular formula is C6H13NO. The Bertz CT molecular complexity index is 70.9. The van der Waals surface area contributed by atoms with Crippen molar-refractivity contribution in [2.24, 2.45) is 5.16 Å². The molecule has 1 unspecified atom stereocenters. The zero-order chi connectivity index (χ0) is 6.41. The molecule has 0 heterocycles. The van der Waals surface area contributed by atoms with E-state index < -0.39 is 0 Å². The highest BCUT2D eigenvalue weighted by Gasteiger charge is 1.92. The van der Waals surface area contributed by atoms with Crippen molar-refractivity contribution in [2.45, 2.75) is 33.3 Å². The van der Waals surface area contributed by atoms with Gasteiger partial charge in [-0.25, -0.2) is 0 Å². The third-order valence-electron chi connectivity index (χ3n) is 0.921. The van der Waals surface area contributed by atoms with Crippen molar-refractivity contribution in [3.8, 4) is 0 Å². The minimum Gasteiger partial charge on any atom is -0.393 e. The summed E-state index contributed by atoms with van der Waals surface area (Å²) in [6.07, 6.45) is 2.91. The Morgan fingerprint density at radius 2 is 2.38 bits per heavy atom. The third-order valence-corrected chi connectivity index (χ3v) is 0.921. The molecule has 2 nitrogen and oxygen atoms in total. The Morgan fingerprint density at radius 1 is 1.75 bits per heavy atom. The van der Waals surface area contributed by atoms with Crippen molar-refractivity contribution in [3.05, 3.63) is 0 Å². The number of hydrogen-bond acceptors (Lipinski definition) is 2. The molecule has 0 rings (SSSR count). The average molecular weight is 115 g/mol. The molecule has 0 bridgehead atoms. The lowest BCUT2D eigenvalue weighted by Gasteiger charge is -2.03. The molecule has 0 fully saturated rings. The second-order valence-electron chi connectivity index (χ2n) is 1.69. The maximum atomic E-state index is 4.91. The van der Waals surface area contributed by atoms with Gasteiger partial charge in [-0.15, -0.1) is 0 Å². The van der Waals surface area contributed by atoms with Crippen molar-refractivity contribution in [1.29, 1.82) is 0 Å². The summed E-state index contributed by atoms with van der Waals surface area (Å²) < 4.78 is 0. The van der Waals surface area contributed by atoms with Gasteiger partial charge in [0.1, 0.15) is 6.10 Å². The zero-order valence-corrected chi connectivity index (χ0v) is 5.72. The molecule has 0 saturated heterocycles. The van der Waals surface area contributed by atoms with Crippen LogP contribution in [0.1, 0.15) is 27.2 Å². The first-order valence-corrected chi connectivity index (χ1v) is 2.95. The lowest BCUT2D eigenvalue weighted by molar-refractivity contribution is 0.0710. The summed E-state index contributed by atoms with van der Waals surface area (Å²) in [6.45, 7) is 5.89. The fraction of sp³-hybridized carbons (Fsp3) is 0.833. The van der Waals surface area contributed by atoms with Crippen LogP contribution in [0.25, 0.3) is 0 Å². The van der Waals surface area contributed by atoms with Crippen LogP contribution in [0.3, 0.4) is 0 Å². The summed E-state index contributed by atoms with van der Waals surface area (Å²) in [7, 11) is 0. The Hall–Kier alpha value is -0.530. The van der Waals surface area contributed by atoms with Crippen LogP contribution in [-0.4, -0.2) is 12.3 Å². The van der Waals surface area contributed by atoms with Crippen LogP contribution in [0.5, 0.6) is 0 Å². The van der Waals surface area contributed by atoms with Crippen molar-refractivity contribution in [2.75, 3.05) is 0 Å². The molecule has 0 aliphatic carbocycles. The van der Waals surface area contributed by atoms with Gasteiger partial charge in [0.05, 0.1) is 0 Å². The molecule has 2 heteroatoms. The Kier molecular flexibility index (Phi) is 4.32. The van der Waals surface area contributed by atoms with Crippen LogP contribution in [0.15, 0.2) is 5.16 Å². The summed E-state index contributed by atoms with van der Waals surface area (Å²) in [4.78, 5) is 4.91. The SMILES string of the molecule is C/C=N\OC(C)CC. The van der Waals surface area contributed by atoms with E-state index in [0.717, 1.165) is 6.42 Å². The van der Waals surface area contributed by atoms with Gasteiger partial charge < -0.3 is 4.84 Å². The fourth-order valence-electron chi connectivity index (χ4n) is 0.239. The second-order valence-corrected chi connectivity index (χ2v) is 1.69. The maximum absolute atomic E-state index is 4.91. The fourth-order valence-corrected chi connectivity index (χ4v) is 0.239. The molecule has 0 aromatic rings. The zero-order valence-electron chi connectivity index (χ0n) is 5.72. The molecule has 0 saturated carbocycles. The number of hydrogen-bond donors (Lipinski definition) is 0. The van der Waals surface area contributed by atoms with E-state index in [1.807, 2.05) is 13.8 Å². The van der Waals surface area contributed by atoms with Crippen molar-refractivity contribution in [3.63, 3.8) is 0 Å². The highest BCUT2D eigenvalue weighted by Crippen LogP contribution is 1.94. The Balaban J connectivity index is 3.10. The molecule has 1 atom stereocenters. The summed E-state index contributed by atoms with van der Waals surface area (Å²) in [5.74, 6) is 0. The Morgan fingerprint density at radius 3 is 2.75 bits per heavy atom. The quantitative estimate of drug-likeness (QED) is 0.406. The van der Waals surface area contributed by atoms with Gasteiger partial charge in [-0.1, -0.05) is 12.1 Å². The van der Waals surface area contributed by atoms with E-state index in [2.05, 4.69) is 12.1 Å². The lowest BCUT2D eigenvalue weighted by Crippen LogP contribution is -2.00. The molecule has 0 radical (unpaired) electrons. The molecule has 0 aromatic carbocycles. The lowest BCUT2D eigenvalue weighted by atomic mass is 10.3. The molecule has 48 valence electrons. The maximum Gasteiger partial charge on any atom is 0.124 e. The van der Waals surface area contributed by atoms with E-state index in [1.54, 1.807) is 6.21 Å². The third kappa shape index (κ3) is 3.65. The number of rotatable bonds is 3. The van der Waals surface area contributed by atoms with E-state index >= 15 is 0 Å². The van der Waals surface area contributed by atoms with Gasteiger partial charge in [0, 0.05) is 6.21 Å². The predicted molar refractivity (Wildman–Crippen MR) is 35.0 cm³/mol. The van der Waals surface area contributed by atoms with Gasteiger partial charge in [-0.05, 0) is 20.3 Å². The van der Waals surface area contributed by atoms with Crippen LogP contribution in [0.2, 0.25) is 0 Å². The van der Waals surface area contributed by atoms with Crippen LogP contribution in [0, 0.1) is 0 Å². The van der Waals surface area contributed by atoms with E-state index in [4.69, 9.17) is 4.84 Å². The summed E-state index contributed by atoms with van der Waals surface area (Å²) in [5.41, 5.74) is 0. The smallest absolute Gasteiger partial charge is 0.124 e. The van der Waals surface area contributed by atoms with Gasteiger partial charge in [0.2, 0.25) is 0 Å². The van der Waals surface area contributed by atoms with Crippen molar-refractivity contribution >= 4 is 6.21 Å². The van der Waals surface area contributed by atoms with E-state index in [1.165, 1.54) is 0 Å². The van der Waals surface area contributed by atoms with Gasteiger partial charge in [0.15, 0.2) is 0 Å². The molecule has 0 aromatic heterocycles. The van der Waals surface area contributed by atoms with Crippen LogP contribution in [-0.2, 0) is 4.84 Å². The molecule has 8 heavy (non-hydrogen) atoms. The highest BCUT2D eigenvalue weighted by molar-refractivity contribution is 5.52. The van der Waals surface area contributed by atoms with Crippen LogP contribution < -0.4 is 0 Å². The molecule has 0 spiro atoms. The normalized spacial score (nSPS) is 14.4. The van der Waals surface area contributed by atoms with Crippen LogP contribution >= 0.6 is 0 Å². The van der Waals surface area contributed by atoms with E-state index in [9.17, 15) is 0 Å². The molecule has 0 aliphatic rings. The van der Waals surface area contributed by atoms with Crippen molar-refractivity contribution < 1.29 is 4.84 Å². The first kappa shape index (κ1) is 7.47. The van der Waals surface area contributed by atoms with E-state index in [0.29, 0.717) is 0 Å². The molecule has 0 aliphatic heterocycles. The van der Waals surface area contributed by atoms with Gasteiger partial charge >= 0.3 is 0 Å². The topological polar surface area (TPSA) is 21.6 Å². The van der Waals surface area contributed by atoms with E-state index in [-0.39, 0.29) is 6.10 Å². The monoisotopic (exact) mass is 115 g/mol. The minimum atomic E-state index is 0.256. The van der Waals surface area contributed by atoms with Crippen molar-refractivity contribution in [1.82, 2.24) is 0 Å². The second kappa shape index (κ2) is 4.62. The predicted octanol–water partition coefficient (Wildman–Crippen LogP) is 1.81. The standard InChI is InChI=1S/C6H13NO/c1-4-6(3)8-7-5-2/h5-6H,4H2,1-3H3/b7-5-. The summed E-state index contributed by atoms with van der Waals surface area (Å²) >= 11 is 0. The summed E-state index contributed by atoms with van der Waals surface area (Å²) in [6, 6.07) is 0. The van der Waals surface area contributed by atoms with Gasteiger partial charge in [-0.2, -0.15) is 0 Å². The summed E-state index contributed by atoms with van der Waals surface area (Å²) in [5, 5.41) is 3.62. The molecular weight excluding hydrogens is 102 g/mol.